The van der Waals surface area contributed by atoms with Gasteiger partial charge in [0.05, 0.1) is 25.2 Å². The van der Waals surface area contributed by atoms with Crippen molar-refractivity contribution in [1.29, 1.82) is 0 Å². The van der Waals surface area contributed by atoms with Gasteiger partial charge in [-0.15, -0.1) is 0 Å². The van der Waals surface area contributed by atoms with E-state index in [9.17, 15) is 9.18 Å². The van der Waals surface area contributed by atoms with Crippen molar-refractivity contribution in [3.05, 3.63) is 35.6 Å². The van der Waals surface area contributed by atoms with E-state index in [1.807, 2.05) is 6.92 Å². The van der Waals surface area contributed by atoms with Gasteiger partial charge >= 0.3 is 0 Å². The van der Waals surface area contributed by atoms with Crippen molar-refractivity contribution in [2.75, 3.05) is 19.8 Å². The van der Waals surface area contributed by atoms with E-state index in [1.54, 1.807) is 25.1 Å². The molecule has 20 heavy (non-hydrogen) atoms. The lowest BCUT2D eigenvalue weighted by Crippen LogP contribution is -2.44. The molecule has 4 nitrogen and oxygen atoms in total. The summed E-state index contributed by atoms with van der Waals surface area (Å²) in [6.07, 6.45) is 0. The van der Waals surface area contributed by atoms with Gasteiger partial charge < -0.3 is 15.4 Å². The number of hydrogen-bond donors (Lipinski definition) is 2. The molecule has 0 radical (unpaired) electrons. The van der Waals surface area contributed by atoms with Crippen LogP contribution >= 0.6 is 0 Å². The molecule has 1 aliphatic rings. The lowest BCUT2D eigenvalue weighted by atomic mass is 10.0. The number of rotatable bonds is 5. The van der Waals surface area contributed by atoms with Gasteiger partial charge in [-0.3, -0.25) is 4.79 Å². The second-order valence-corrected chi connectivity index (χ2v) is 5.06. The van der Waals surface area contributed by atoms with Crippen LogP contribution in [0, 0.1) is 11.7 Å². The monoisotopic (exact) mass is 280 g/mol. The fourth-order valence-corrected chi connectivity index (χ4v) is 2.50. The van der Waals surface area contributed by atoms with Crippen molar-refractivity contribution in [1.82, 2.24) is 10.6 Å². The zero-order chi connectivity index (χ0) is 14.5. The predicted octanol–water partition coefficient (Wildman–Crippen LogP) is 1.63. The highest BCUT2D eigenvalue weighted by molar-refractivity contribution is 5.80. The molecule has 2 rings (SSSR count). The van der Waals surface area contributed by atoms with Crippen LogP contribution in [0.25, 0.3) is 0 Å². The first-order valence-electron chi connectivity index (χ1n) is 6.99. The molecule has 1 fully saturated rings. The number of nitrogens with one attached hydrogen (secondary N) is 2. The summed E-state index contributed by atoms with van der Waals surface area (Å²) in [5, 5.41) is 6.11. The first-order chi connectivity index (χ1) is 9.63. The van der Waals surface area contributed by atoms with Gasteiger partial charge in [-0.25, -0.2) is 4.39 Å². The lowest BCUT2D eigenvalue weighted by molar-refractivity contribution is -0.126. The standard InChI is InChI=1S/C15H21FN2O2/c1-3-17-14-9-20-8-12(14)15(19)18-10(2)11-6-4-5-7-13(11)16/h4-7,10,12,14,17H,3,8-9H2,1-2H3,(H,18,19)/t10-,12?,14?/m1/s1. The summed E-state index contributed by atoms with van der Waals surface area (Å²) < 4.78 is 19.0. The van der Waals surface area contributed by atoms with Crippen molar-refractivity contribution < 1.29 is 13.9 Å². The van der Waals surface area contributed by atoms with Crippen LogP contribution in [0.1, 0.15) is 25.5 Å². The van der Waals surface area contributed by atoms with E-state index >= 15 is 0 Å². The highest BCUT2D eigenvalue weighted by atomic mass is 19.1. The van der Waals surface area contributed by atoms with Crippen molar-refractivity contribution in [3.63, 3.8) is 0 Å². The summed E-state index contributed by atoms with van der Waals surface area (Å²) in [6.45, 7) is 5.53. The highest BCUT2D eigenvalue weighted by Gasteiger charge is 2.34. The number of halogens is 1. The number of ether oxygens (including phenoxy) is 1. The van der Waals surface area contributed by atoms with Crippen LogP contribution in [-0.2, 0) is 9.53 Å². The molecular weight excluding hydrogens is 259 g/mol. The van der Waals surface area contributed by atoms with Crippen LogP contribution in [0.3, 0.4) is 0 Å². The van der Waals surface area contributed by atoms with Crippen molar-refractivity contribution in [3.8, 4) is 0 Å². The van der Waals surface area contributed by atoms with E-state index in [1.165, 1.54) is 6.07 Å². The zero-order valence-electron chi connectivity index (χ0n) is 11.9. The molecule has 1 aromatic rings. The summed E-state index contributed by atoms with van der Waals surface area (Å²) >= 11 is 0. The molecule has 0 bridgehead atoms. The van der Waals surface area contributed by atoms with Crippen molar-refractivity contribution in [2.45, 2.75) is 25.9 Å². The molecule has 0 spiro atoms. The summed E-state index contributed by atoms with van der Waals surface area (Å²) in [7, 11) is 0. The average molecular weight is 280 g/mol. The van der Waals surface area contributed by atoms with E-state index < -0.39 is 0 Å². The minimum absolute atomic E-state index is 0.0350. The van der Waals surface area contributed by atoms with Gasteiger partial charge in [-0.1, -0.05) is 25.1 Å². The van der Waals surface area contributed by atoms with E-state index in [4.69, 9.17) is 4.74 Å². The van der Waals surface area contributed by atoms with E-state index in [0.717, 1.165) is 6.54 Å². The average Bonchev–Trinajstić information content (AvgIpc) is 2.88. The second kappa shape index (κ2) is 6.81. The SMILES string of the molecule is CCNC1COCC1C(=O)N[C@H](C)c1ccccc1F. The van der Waals surface area contributed by atoms with Crippen LogP contribution in [0.2, 0.25) is 0 Å². The second-order valence-electron chi connectivity index (χ2n) is 5.06. The van der Waals surface area contributed by atoms with Gasteiger partial charge in [-0.05, 0) is 19.5 Å². The van der Waals surface area contributed by atoms with Crippen molar-refractivity contribution in [2.24, 2.45) is 5.92 Å². The fourth-order valence-electron chi connectivity index (χ4n) is 2.50. The number of carbonyl (C=O) groups is 1. The van der Waals surface area contributed by atoms with E-state index in [0.29, 0.717) is 18.8 Å². The summed E-state index contributed by atoms with van der Waals surface area (Å²) in [4.78, 5) is 12.3. The summed E-state index contributed by atoms with van der Waals surface area (Å²) in [5.41, 5.74) is 0.500. The molecule has 1 amide bonds. The Hall–Kier alpha value is -1.46. The molecule has 0 aromatic heterocycles. The van der Waals surface area contributed by atoms with Gasteiger partial charge in [0.1, 0.15) is 5.82 Å². The first kappa shape index (κ1) is 14.9. The molecule has 0 saturated carbocycles. The van der Waals surface area contributed by atoms with Gasteiger partial charge in [0.15, 0.2) is 0 Å². The maximum Gasteiger partial charge on any atom is 0.227 e. The third-order valence-corrected chi connectivity index (χ3v) is 3.61. The summed E-state index contributed by atoms with van der Waals surface area (Å²) in [5.74, 6) is -0.611. The Morgan fingerprint density at radius 1 is 1.45 bits per heavy atom. The predicted molar refractivity (Wildman–Crippen MR) is 74.7 cm³/mol. The Morgan fingerprint density at radius 2 is 2.20 bits per heavy atom. The normalized spacial score (nSPS) is 23.6. The third-order valence-electron chi connectivity index (χ3n) is 3.61. The number of carbonyl (C=O) groups excluding carboxylic acids is 1. The number of likely N-dealkylation sites (N-methyl/N-ethyl adjacent to an activating group) is 1. The van der Waals surface area contributed by atoms with Gasteiger partial charge in [0.25, 0.3) is 0 Å². The molecule has 0 aliphatic carbocycles. The largest absolute Gasteiger partial charge is 0.379 e. The molecule has 5 heteroatoms. The topological polar surface area (TPSA) is 50.4 Å². The smallest absolute Gasteiger partial charge is 0.227 e. The molecule has 1 saturated heterocycles. The molecule has 3 atom stereocenters. The Kier molecular flexibility index (Phi) is 5.09. The van der Waals surface area contributed by atoms with Crippen LogP contribution in [0.15, 0.2) is 24.3 Å². The molecule has 1 heterocycles. The fraction of sp³-hybridized carbons (Fsp3) is 0.533. The molecule has 2 N–H and O–H groups in total. The van der Waals surface area contributed by atoms with E-state index in [2.05, 4.69) is 10.6 Å². The maximum absolute atomic E-state index is 13.7. The number of hydrogen-bond acceptors (Lipinski definition) is 3. The third kappa shape index (κ3) is 3.35. The maximum atomic E-state index is 13.7. The molecule has 1 aromatic carbocycles. The number of amides is 1. The Bertz CT molecular complexity index is 467. The number of benzene rings is 1. The first-order valence-corrected chi connectivity index (χ1v) is 6.99. The Balaban J connectivity index is 1.99. The van der Waals surface area contributed by atoms with Gasteiger partial charge in [0, 0.05) is 11.6 Å². The van der Waals surface area contributed by atoms with Crippen LogP contribution < -0.4 is 10.6 Å². The Morgan fingerprint density at radius 3 is 2.90 bits per heavy atom. The zero-order valence-corrected chi connectivity index (χ0v) is 11.9. The summed E-state index contributed by atoms with van der Waals surface area (Å²) in [6, 6.07) is 6.17. The molecule has 1 aliphatic heterocycles. The van der Waals surface area contributed by atoms with Crippen LogP contribution in [0.4, 0.5) is 4.39 Å². The quantitative estimate of drug-likeness (QED) is 0.862. The van der Waals surface area contributed by atoms with Crippen molar-refractivity contribution >= 4 is 5.91 Å². The minimum Gasteiger partial charge on any atom is -0.379 e. The highest BCUT2D eigenvalue weighted by Crippen LogP contribution is 2.19. The lowest BCUT2D eigenvalue weighted by Gasteiger charge is -2.21. The molecule has 2 unspecified atom stereocenters. The molecule has 110 valence electrons. The van der Waals surface area contributed by atoms with Gasteiger partial charge in [0.2, 0.25) is 5.91 Å². The molecular formula is C15H21FN2O2. The Labute approximate surface area is 118 Å². The van der Waals surface area contributed by atoms with Gasteiger partial charge in [-0.2, -0.15) is 0 Å². The van der Waals surface area contributed by atoms with Crippen LogP contribution in [0.5, 0.6) is 0 Å². The minimum atomic E-state index is -0.355. The van der Waals surface area contributed by atoms with E-state index in [-0.39, 0.29) is 29.7 Å². The van der Waals surface area contributed by atoms with Crippen LogP contribution in [-0.4, -0.2) is 31.7 Å².